The van der Waals surface area contributed by atoms with Crippen LogP contribution in [0.1, 0.15) is 28.4 Å². The summed E-state index contributed by atoms with van der Waals surface area (Å²) < 4.78 is 6.06. The van der Waals surface area contributed by atoms with Gasteiger partial charge in [0, 0.05) is 16.5 Å². The fourth-order valence-corrected chi connectivity index (χ4v) is 3.45. The fraction of sp³-hybridized carbons (Fsp3) is 0.148. The molecule has 34 heavy (non-hydrogen) atoms. The minimum absolute atomic E-state index is 0.0125. The lowest BCUT2D eigenvalue weighted by Crippen LogP contribution is -2.46. The number of esters is 1. The van der Waals surface area contributed by atoms with Crippen molar-refractivity contribution < 1.29 is 19.1 Å². The summed E-state index contributed by atoms with van der Waals surface area (Å²) in [5.74, 6) is -1.58. The average molecular weight is 521 g/mol. The molecule has 3 rings (SSSR count). The molecule has 3 aromatic rings. The summed E-state index contributed by atoms with van der Waals surface area (Å²) in [5.41, 5.74) is 1.99. The zero-order chi connectivity index (χ0) is 24.3. The molecule has 1 atom stereocenters. The molecule has 2 N–H and O–H groups in total. The minimum Gasteiger partial charge on any atom is -0.464 e. The Bertz CT molecular complexity index is 1150. The van der Waals surface area contributed by atoms with Gasteiger partial charge in [0.05, 0.1) is 6.61 Å². The van der Waals surface area contributed by atoms with E-state index in [1.165, 1.54) is 0 Å². The van der Waals surface area contributed by atoms with Gasteiger partial charge in [0.15, 0.2) is 0 Å². The van der Waals surface area contributed by atoms with Gasteiger partial charge in [0.2, 0.25) is 0 Å². The molecule has 0 aliphatic rings. The van der Waals surface area contributed by atoms with Crippen LogP contribution in [0.3, 0.4) is 0 Å². The van der Waals surface area contributed by atoms with Crippen LogP contribution in [0.2, 0.25) is 0 Å². The van der Waals surface area contributed by atoms with Crippen molar-refractivity contribution in [3.63, 3.8) is 0 Å². The standard InChI is InChI=1S/C27H25BrN2O4/c1-2-34-27(33)24(18-19-9-5-3-6-10-19)30-26(32)23(17-20-13-15-22(28)16-14-20)29-25(31)21-11-7-4-8-12-21/h3-17,24H,2,18H2,1H3,(H,29,31)(H,30,32). The van der Waals surface area contributed by atoms with Gasteiger partial charge in [-0.15, -0.1) is 0 Å². The summed E-state index contributed by atoms with van der Waals surface area (Å²) in [7, 11) is 0. The second kappa shape index (κ2) is 12.5. The number of halogens is 1. The molecule has 0 aliphatic carbocycles. The molecule has 7 heteroatoms. The Morgan fingerprint density at radius 1 is 0.912 bits per heavy atom. The van der Waals surface area contributed by atoms with E-state index >= 15 is 0 Å². The lowest BCUT2D eigenvalue weighted by molar-refractivity contribution is -0.147. The van der Waals surface area contributed by atoms with Crippen LogP contribution in [0.5, 0.6) is 0 Å². The zero-order valence-electron chi connectivity index (χ0n) is 18.7. The number of benzene rings is 3. The van der Waals surface area contributed by atoms with E-state index in [-0.39, 0.29) is 18.7 Å². The first-order chi connectivity index (χ1) is 16.5. The molecule has 0 saturated carbocycles. The number of nitrogens with one attached hydrogen (secondary N) is 2. The Labute approximate surface area is 207 Å². The third-order valence-electron chi connectivity index (χ3n) is 4.87. The van der Waals surface area contributed by atoms with E-state index < -0.39 is 23.8 Å². The van der Waals surface area contributed by atoms with Crippen molar-refractivity contribution in [3.8, 4) is 0 Å². The lowest BCUT2D eigenvalue weighted by atomic mass is 10.1. The monoisotopic (exact) mass is 520 g/mol. The molecule has 6 nitrogen and oxygen atoms in total. The van der Waals surface area contributed by atoms with Gasteiger partial charge in [-0.2, -0.15) is 0 Å². The molecular formula is C27H25BrN2O4. The first kappa shape index (κ1) is 24.9. The molecule has 0 heterocycles. The van der Waals surface area contributed by atoms with Crippen LogP contribution in [-0.2, 0) is 20.7 Å². The van der Waals surface area contributed by atoms with E-state index in [0.29, 0.717) is 11.1 Å². The maximum absolute atomic E-state index is 13.3. The van der Waals surface area contributed by atoms with Gasteiger partial charge in [-0.25, -0.2) is 4.79 Å². The van der Waals surface area contributed by atoms with Crippen LogP contribution in [0.4, 0.5) is 0 Å². The first-order valence-electron chi connectivity index (χ1n) is 10.8. The molecule has 3 aromatic carbocycles. The summed E-state index contributed by atoms with van der Waals surface area (Å²) in [6.45, 7) is 1.89. The second-order valence-electron chi connectivity index (χ2n) is 7.40. The van der Waals surface area contributed by atoms with Crippen molar-refractivity contribution in [2.24, 2.45) is 0 Å². The van der Waals surface area contributed by atoms with Gasteiger partial charge in [0.25, 0.3) is 11.8 Å². The van der Waals surface area contributed by atoms with Crippen LogP contribution in [0.25, 0.3) is 6.08 Å². The predicted molar refractivity (Wildman–Crippen MR) is 135 cm³/mol. The lowest BCUT2D eigenvalue weighted by Gasteiger charge is -2.19. The molecule has 0 radical (unpaired) electrons. The summed E-state index contributed by atoms with van der Waals surface area (Å²) in [6.07, 6.45) is 1.82. The van der Waals surface area contributed by atoms with Crippen LogP contribution >= 0.6 is 15.9 Å². The second-order valence-corrected chi connectivity index (χ2v) is 8.31. The van der Waals surface area contributed by atoms with E-state index in [1.54, 1.807) is 55.5 Å². The normalized spacial score (nSPS) is 11.9. The molecule has 0 aromatic heterocycles. The number of ether oxygens (including phenoxy) is 1. The third-order valence-corrected chi connectivity index (χ3v) is 5.40. The van der Waals surface area contributed by atoms with Gasteiger partial charge in [0.1, 0.15) is 11.7 Å². The predicted octanol–water partition coefficient (Wildman–Crippen LogP) is 4.51. The molecule has 0 saturated heterocycles. The largest absolute Gasteiger partial charge is 0.464 e. The fourth-order valence-electron chi connectivity index (χ4n) is 3.19. The number of carbonyl (C=O) groups is 3. The van der Waals surface area contributed by atoms with Crippen molar-refractivity contribution >= 4 is 39.8 Å². The van der Waals surface area contributed by atoms with E-state index in [0.717, 1.165) is 10.0 Å². The van der Waals surface area contributed by atoms with E-state index in [4.69, 9.17) is 4.74 Å². The van der Waals surface area contributed by atoms with Crippen molar-refractivity contribution in [3.05, 3.63) is 112 Å². The molecule has 2 amide bonds. The van der Waals surface area contributed by atoms with Crippen LogP contribution in [0, 0.1) is 0 Å². The summed E-state index contributed by atoms with van der Waals surface area (Å²) in [6, 6.07) is 24.3. The number of hydrogen-bond acceptors (Lipinski definition) is 4. The topological polar surface area (TPSA) is 84.5 Å². The van der Waals surface area contributed by atoms with Gasteiger partial charge in [-0.3, -0.25) is 9.59 Å². The minimum atomic E-state index is -0.920. The molecule has 174 valence electrons. The zero-order valence-corrected chi connectivity index (χ0v) is 20.2. The summed E-state index contributed by atoms with van der Waals surface area (Å²) in [5, 5.41) is 5.42. The number of amides is 2. The maximum atomic E-state index is 13.3. The summed E-state index contributed by atoms with van der Waals surface area (Å²) >= 11 is 3.39. The highest BCUT2D eigenvalue weighted by atomic mass is 79.9. The SMILES string of the molecule is CCOC(=O)C(Cc1ccccc1)NC(=O)C(=Cc1ccc(Br)cc1)NC(=O)c1ccccc1. The van der Waals surface area contributed by atoms with E-state index in [1.807, 2.05) is 42.5 Å². The van der Waals surface area contributed by atoms with Crippen molar-refractivity contribution in [2.75, 3.05) is 6.61 Å². The Balaban J connectivity index is 1.87. The van der Waals surface area contributed by atoms with Gasteiger partial charge >= 0.3 is 5.97 Å². The van der Waals surface area contributed by atoms with Crippen LogP contribution in [0.15, 0.2) is 95.1 Å². The smallest absolute Gasteiger partial charge is 0.328 e. The van der Waals surface area contributed by atoms with Crippen molar-refractivity contribution in [1.82, 2.24) is 10.6 Å². The Hall–Kier alpha value is -3.71. The van der Waals surface area contributed by atoms with Crippen LogP contribution in [-0.4, -0.2) is 30.4 Å². The van der Waals surface area contributed by atoms with Crippen molar-refractivity contribution in [2.45, 2.75) is 19.4 Å². The highest BCUT2D eigenvalue weighted by Gasteiger charge is 2.25. The molecule has 0 bridgehead atoms. The average Bonchev–Trinajstić information content (AvgIpc) is 2.85. The Kier molecular flexibility index (Phi) is 9.17. The number of hydrogen-bond donors (Lipinski definition) is 2. The van der Waals surface area contributed by atoms with E-state index in [9.17, 15) is 14.4 Å². The van der Waals surface area contributed by atoms with Crippen molar-refractivity contribution in [1.29, 1.82) is 0 Å². The molecule has 0 fully saturated rings. The molecule has 0 aliphatic heterocycles. The summed E-state index contributed by atoms with van der Waals surface area (Å²) in [4.78, 5) is 38.7. The van der Waals surface area contributed by atoms with Gasteiger partial charge < -0.3 is 15.4 Å². The Morgan fingerprint density at radius 3 is 2.15 bits per heavy atom. The molecular weight excluding hydrogens is 496 g/mol. The highest BCUT2D eigenvalue weighted by Crippen LogP contribution is 2.14. The maximum Gasteiger partial charge on any atom is 0.328 e. The molecule has 1 unspecified atom stereocenters. The first-order valence-corrected chi connectivity index (χ1v) is 11.6. The number of rotatable bonds is 9. The van der Waals surface area contributed by atoms with Gasteiger partial charge in [-0.1, -0.05) is 76.6 Å². The van der Waals surface area contributed by atoms with Gasteiger partial charge in [-0.05, 0) is 48.4 Å². The quantitative estimate of drug-likeness (QED) is 0.321. The highest BCUT2D eigenvalue weighted by molar-refractivity contribution is 9.10. The Morgan fingerprint density at radius 2 is 1.53 bits per heavy atom. The number of carbonyl (C=O) groups excluding carboxylic acids is 3. The third kappa shape index (κ3) is 7.42. The van der Waals surface area contributed by atoms with E-state index in [2.05, 4.69) is 26.6 Å². The van der Waals surface area contributed by atoms with Crippen LogP contribution < -0.4 is 10.6 Å². The molecule has 0 spiro atoms.